The zero-order valence-corrected chi connectivity index (χ0v) is 9.40. The summed E-state index contributed by atoms with van der Waals surface area (Å²) in [7, 11) is 4.10. The van der Waals surface area contributed by atoms with E-state index < -0.39 is 0 Å². The van der Waals surface area contributed by atoms with Crippen LogP contribution < -0.4 is 0 Å². The van der Waals surface area contributed by atoms with Gasteiger partial charge in [0.15, 0.2) is 0 Å². The van der Waals surface area contributed by atoms with Crippen LogP contribution in [0.25, 0.3) is 0 Å². The third kappa shape index (κ3) is 3.93. The molecule has 0 saturated heterocycles. The van der Waals surface area contributed by atoms with Gasteiger partial charge in [-0.3, -0.25) is 0 Å². The maximum atomic E-state index is 8.56. The number of thiophene rings is 1. The molecule has 0 amide bonds. The lowest BCUT2D eigenvalue weighted by Gasteiger charge is -2.05. The molecule has 1 heterocycles. The Balaban J connectivity index is 2.56. The fourth-order valence-corrected chi connectivity index (χ4v) is 1.99. The predicted molar refractivity (Wildman–Crippen MR) is 60.3 cm³/mol. The summed E-state index contributed by atoms with van der Waals surface area (Å²) in [6.07, 6.45) is 0.554. The lowest BCUT2D eigenvalue weighted by molar-refractivity contribution is 0.305. The minimum atomic E-state index is 0.141. The van der Waals surface area contributed by atoms with E-state index in [2.05, 4.69) is 42.3 Å². The van der Waals surface area contributed by atoms with Crippen molar-refractivity contribution in [3.63, 3.8) is 0 Å². The van der Waals surface area contributed by atoms with Crippen molar-refractivity contribution in [1.82, 2.24) is 4.90 Å². The third-order valence-electron chi connectivity index (χ3n) is 1.60. The van der Waals surface area contributed by atoms with Crippen molar-refractivity contribution in [3.8, 4) is 11.8 Å². The van der Waals surface area contributed by atoms with Gasteiger partial charge in [0.25, 0.3) is 0 Å². The second kappa shape index (κ2) is 5.82. The van der Waals surface area contributed by atoms with Crippen LogP contribution in [0.4, 0.5) is 0 Å². The van der Waals surface area contributed by atoms with Crippen LogP contribution in [-0.4, -0.2) is 30.7 Å². The van der Waals surface area contributed by atoms with E-state index in [4.69, 9.17) is 5.11 Å². The van der Waals surface area contributed by atoms with Crippen molar-refractivity contribution in [1.29, 1.82) is 0 Å². The van der Waals surface area contributed by atoms with Crippen LogP contribution in [0.3, 0.4) is 0 Å². The fourth-order valence-electron chi connectivity index (χ4n) is 1.06. The predicted octanol–water partition coefficient (Wildman–Crippen LogP) is 1.54. The number of nitrogens with zero attached hydrogens (tertiary/aromatic N) is 1. The number of aliphatic hydroxyl groups excluding tert-OH is 1. The Morgan fingerprint density at radius 2 is 2.29 bits per heavy atom. The van der Waals surface area contributed by atoms with E-state index in [0.29, 0.717) is 6.42 Å². The van der Waals surface area contributed by atoms with Crippen LogP contribution in [-0.2, 0) is 6.54 Å². The topological polar surface area (TPSA) is 23.5 Å². The standard InChI is InChI=1S/C11H15NOS/c1-12(2)8-11-7-10(9-14-11)5-3-4-6-13/h7,9,13H,4,6,8H2,1-2H3. The molecule has 0 bridgehead atoms. The van der Waals surface area contributed by atoms with Gasteiger partial charge in [-0.2, -0.15) is 0 Å². The molecule has 0 aliphatic rings. The summed E-state index contributed by atoms with van der Waals surface area (Å²) in [5, 5.41) is 10.6. The molecule has 1 rings (SSSR count). The molecule has 0 aliphatic carbocycles. The molecule has 0 radical (unpaired) electrons. The largest absolute Gasteiger partial charge is 0.395 e. The molecular weight excluding hydrogens is 194 g/mol. The normalized spacial score (nSPS) is 10.0. The van der Waals surface area contributed by atoms with E-state index in [-0.39, 0.29) is 6.61 Å². The Morgan fingerprint density at radius 1 is 1.50 bits per heavy atom. The Labute approximate surface area is 89.2 Å². The van der Waals surface area contributed by atoms with Gasteiger partial charge in [0.1, 0.15) is 0 Å². The lowest BCUT2D eigenvalue weighted by Crippen LogP contribution is -2.09. The first-order chi connectivity index (χ1) is 6.72. The van der Waals surface area contributed by atoms with E-state index in [1.54, 1.807) is 11.3 Å². The van der Waals surface area contributed by atoms with Gasteiger partial charge in [0.05, 0.1) is 6.61 Å². The van der Waals surface area contributed by atoms with Gasteiger partial charge in [0.2, 0.25) is 0 Å². The first kappa shape index (κ1) is 11.3. The van der Waals surface area contributed by atoms with Gasteiger partial charge in [-0.15, -0.1) is 11.3 Å². The van der Waals surface area contributed by atoms with E-state index in [0.717, 1.165) is 12.1 Å². The molecule has 0 unspecified atom stereocenters. The summed E-state index contributed by atoms with van der Waals surface area (Å²) in [4.78, 5) is 3.46. The zero-order valence-electron chi connectivity index (χ0n) is 8.58. The smallest absolute Gasteiger partial charge is 0.0540 e. The quantitative estimate of drug-likeness (QED) is 0.763. The monoisotopic (exact) mass is 209 g/mol. The van der Waals surface area contributed by atoms with E-state index in [1.807, 2.05) is 0 Å². The van der Waals surface area contributed by atoms with Crippen molar-refractivity contribution in [3.05, 3.63) is 21.9 Å². The Bertz CT molecular complexity index is 333. The summed E-state index contributed by atoms with van der Waals surface area (Å²) < 4.78 is 0. The minimum absolute atomic E-state index is 0.141. The second-order valence-electron chi connectivity index (χ2n) is 3.31. The first-order valence-electron chi connectivity index (χ1n) is 4.54. The highest BCUT2D eigenvalue weighted by Gasteiger charge is 1.98. The SMILES string of the molecule is CN(C)Cc1cc(C#CCCO)cs1. The molecule has 1 N–H and O–H groups in total. The molecule has 0 aromatic carbocycles. The molecular formula is C11H15NOS. The number of rotatable bonds is 3. The molecule has 0 atom stereocenters. The van der Waals surface area contributed by atoms with Crippen LogP contribution in [0.5, 0.6) is 0 Å². The van der Waals surface area contributed by atoms with Crippen molar-refractivity contribution in [2.75, 3.05) is 20.7 Å². The summed E-state index contributed by atoms with van der Waals surface area (Å²) in [6.45, 7) is 1.11. The highest BCUT2D eigenvalue weighted by Crippen LogP contribution is 2.14. The number of aliphatic hydroxyl groups is 1. The highest BCUT2D eigenvalue weighted by molar-refractivity contribution is 7.10. The van der Waals surface area contributed by atoms with Crippen molar-refractivity contribution < 1.29 is 5.11 Å². The van der Waals surface area contributed by atoms with E-state index >= 15 is 0 Å². The lowest BCUT2D eigenvalue weighted by atomic mass is 10.3. The fraction of sp³-hybridized carbons (Fsp3) is 0.455. The van der Waals surface area contributed by atoms with Crippen molar-refractivity contribution >= 4 is 11.3 Å². The van der Waals surface area contributed by atoms with Crippen LogP contribution in [0.1, 0.15) is 16.9 Å². The van der Waals surface area contributed by atoms with Crippen molar-refractivity contribution in [2.45, 2.75) is 13.0 Å². The summed E-state index contributed by atoms with van der Waals surface area (Å²) in [5.41, 5.74) is 1.06. The molecule has 0 fully saturated rings. The zero-order chi connectivity index (χ0) is 10.4. The Kier molecular flexibility index (Phi) is 4.68. The molecule has 0 saturated carbocycles. The number of hydrogen-bond acceptors (Lipinski definition) is 3. The maximum absolute atomic E-state index is 8.56. The van der Waals surface area contributed by atoms with E-state index in [1.165, 1.54) is 4.88 Å². The maximum Gasteiger partial charge on any atom is 0.0540 e. The molecule has 3 heteroatoms. The molecule has 0 spiro atoms. The van der Waals surface area contributed by atoms with Crippen LogP contribution >= 0.6 is 11.3 Å². The van der Waals surface area contributed by atoms with E-state index in [9.17, 15) is 0 Å². The summed E-state index contributed by atoms with van der Waals surface area (Å²) >= 11 is 1.73. The highest BCUT2D eigenvalue weighted by atomic mass is 32.1. The molecule has 14 heavy (non-hydrogen) atoms. The number of hydrogen-bond donors (Lipinski definition) is 1. The van der Waals surface area contributed by atoms with Gasteiger partial charge in [-0.25, -0.2) is 0 Å². The van der Waals surface area contributed by atoms with Crippen LogP contribution in [0.15, 0.2) is 11.4 Å². The first-order valence-corrected chi connectivity index (χ1v) is 5.42. The summed E-state index contributed by atoms with van der Waals surface area (Å²) in [6, 6.07) is 2.11. The van der Waals surface area contributed by atoms with Crippen LogP contribution in [0.2, 0.25) is 0 Å². The van der Waals surface area contributed by atoms with Crippen LogP contribution in [0, 0.1) is 11.8 Å². The molecule has 76 valence electrons. The Morgan fingerprint density at radius 3 is 2.93 bits per heavy atom. The van der Waals surface area contributed by atoms with Gasteiger partial charge >= 0.3 is 0 Å². The van der Waals surface area contributed by atoms with Crippen molar-refractivity contribution in [2.24, 2.45) is 0 Å². The molecule has 2 nitrogen and oxygen atoms in total. The Hall–Kier alpha value is -0.820. The summed E-state index contributed by atoms with van der Waals surface area (Å²) in [5.74, 6) is 5.93. The van der Waals surface area contributed by atoms with Gasteiger partial charge in [0, 0.05) is 28.8 Å². The molecule has 1 aromatic rings. The minimum Gasteiger partial charge on any atom is -0.395 e. The average molecular weight is 209 g/mol. The third-order valence-corrected chi connectivity index (χ3v) is 2.52. The molecule has 0 aliphatic heterocycles. The molecule has 1 aromatic heterocycles. The van der Waals surface area contributed by atoms with Gasteiger partial charge in [-0.1, -0.05) is 11.8 Å². The second-order valence-corrected chi connectivity index (χ2v) is 4.31. The van der Waals surface area contributed by atoms with Gasteiger partial charge in [-0.05, 0) is 20.2 Å². The van der Waals surface area contributed by atoms with Gasteiger partial charge < -0.3 is 10.0 Å². The average Bonchev–Trinajstić information content (AvgIpc) is 2.52.